The minimum Gasteiger partial charge on any atom is -0.480 e. The first kappa shape index (κ1) is 11.7. The van der Waals surface area contributed by atoms with E-state index in [1.54, 1.807) is 6.07 Å². The van der Waals surface area contributed by atoms with Crippen LogP contribution in [-0.4, -0.2) is 28.6 Å². The summed E-state index contributed by atoms with van der Waals surface area (Å²) in [6, 6.07) is 2.99. The number of unbranched alkanes of at least 4 members (excludes halogenated alkanes) is 2. The molecule has 1 aromatic heterocycles. The number of nitrogens with zero attached hydrogens (tertiary/aromatic N) is 2. The second kappa shape index (κ2) is 6.19. The highest BCUT2D eigenvalue weighted by molar-refractivity contribution is 5.05. The van der Waals surface area contributed by atoms with E-state index < -0.39 is 0 Å². The fourth-order valence-electron chi connectivity index (χ4n) is 1.25. The summed E-state index contributed by atoms with van der Waals surface area (Å²) >= 11 is 0. The molecule has 0 unspecified atom stereocenters. The van der Waals surface area contributed by atoms with Crippen molar-refractivity contribution in [3.8, 4) is 5.88 Å². The van der Waals surface area contributed by atoms with Crippen LogP contribution in [0.25, 0.3) is 0 Å². The first-order chi connectivity index (χ1) is 7.27. The van der Waals surface area contributed by atoms with Gasteiger partial charge in [0.1, 0.15) is 0 Å². The minimum atomic E-state index is -0.125. The fourth-order valence-corrected chi connectivity index (χ4v) is 1.25. The lowest BCUT2D eigenvalue weighted by Crippen LogP contribution is -2.22. The molecule has 0 amide bonds. The molecule has 1 rings (SSSR count). The number of hydrogen-bond donors (Lipinski definition) is 1. The van der Waals surface area contributed by atoms with Crippen LogP contribution in [0.3, 0.4) is 0 Å². The number of aryl methyl sites for hydroxylation is 1. The maximum absolute atomic E-state index is 11.3. The molecule has 5 heteroatoms. The fraction of sp³-hybridized carbons (Fsp3) is 0.600. The molecule has 84 valence electrons. The number of aliphatic hydroxyl groups excluding tert-OH is 1. The summed E-state index contributed by atoms with van der Waals surface area (Å²) < 4.78 is 6.31. The lowest BCUT2D eigenvalue weighted by atomic mass is 10.2. The summed E-state index contributed by atoms with van der Waals surface area (Å²) in [5.41, 5.74) is -0.125. The van der Waals surface area contributed by atoms with Crippen LogP contribution in [-0.2, 0) is 6.54 Å². The second-order valence-electron chi connectivity index (χ2n) is 3.22. The van der Waals surface area contributed by atoms with Crippen molar-refractivity contribution in [2.75, 3.05) is 13.7 Å². The average molecular weight is 212 g/mol. The molecule has 0 radical (unpaired) electrons. The molecule has 5 nitrogen and oxygen atoms in total. The largest absolute Gasteiger partial charge is 0.480 e. The van der Waals surface area contributed by atoms with Crippen molar-refractivity contribution in [2.24, 2.45) is 0 Å². The molecule has 1 aromatic rings. The predicted octanol–water partition coefficient (Wildman–Crippen LogP) is 0.414. The van der Waals surface area contributed by atoms with Gasteiger partial charge in [-0.25, -0.2) is 4.68 Å². The first-order valence-corrected chi connectivity index (χ1v) is 5.01. The number of aromatic nitrogens is 2. The molecule has 1 heterocycles. The Hall–Kier alpha value is -1.36. The third kappa shape index (κ3) is 3.71. The normalized spacial score (nSPS) is 10.3. The number of hydrogen-bond acceptors (Lipinski definition) is 4. The van der Waals surface area contributed by atoms with Crippen LogP contribution in [0.15, 0.2) is 16.9 Å². The molecule has 0 aliphatic heterocycles. The van der Waals surface area contributed by atoms with E-state index in [1.807, 2.05) is 0 Å². The van der Waals surface area contributed by atoms with E-state index in [9.17, 15) is 4.79 Å². The van der Waals surface area contributed by atoms with Crippen LogP contribution in [0.2, 0.25) is 0 Å². The highest BCUT2D eigenvalue weighted by Crippen LogP contribution is 2.01. The molecule has 0 aromatic carbocycles. The van der Waals surface area contributed by atoms with Crippen molar-refractivity contribution >= 4 is 0 Å². The van der Waals surface area contributed by atoms with E-state index >= 15 is 0 Å². The number of aliphatic hydroxyl groups is 1. The molecule has 0 saturated carbocycles. The van der Waals surface area contributed by atoms with Crippen LogP contribution in [0, 0.1) is 0 Å². The summed E-state index contributed by atoms with van der Waals surface area (Å²) in [6.07, 6.45) is 2.49. The van der Waals surface area contributed by atoms with E-state index in [0.29, 0.717) is 12.4 Å². The summed E-state index contributed by atoms with van der Waals surface area (Å²) in [5, 5.41) is 12.6. The number of rotatable bonds is 6. The Kier molecular flexibility index (Phi) is 4.83. The van der Waals surface area contributed by atoms with Crippen molar-refractivity contribution < 1.29 is 9.84 Å². The Balaban J connectivity index is 2.55. The zero-order valence-corrected chi connectivity index (χ0v) is 8.85. The quantitative estimate of drug-likeness (QED) is 0.694. The van der Waals surface area contributed by atoms with Gasteiger partial charge >= 0.3 is 0 Å². The molecule has 0 atom stereocenters. The van der Waals surface area contributed by atoms with E-state index in [0.717, 1.165) is 19.3 Å². The zero-order valence-electron chi connectivity index (χ0n) is 8.85. The van der Waals surface area contributed by atoms with Crippen molar-refractivity contribution in [3.05, 3.63) is 22.5 Å². The second-order valence-corrected chi connectivity index (χ2v) is 3.22. The molecular formula is C10H16N2O3. The molecule has 0 fully saturated rings. The Morgan fingerprint density at radius 1 is 1.40 bits per heavy atom. The van der Waals surface area contributed by atoms with Gasteiger partial charge in [0, 0.05) is 25.3 Å². The van der Waals surface area contributed by atoms with Gasteiger partial charge in [-0.15, -0.1) is 5.10 Å². The summed E-state index contributed by atoms with van der Waals surface area (Å²) in [5.74, 6) is 0.441. The van der Waals surface area contributed by atoms with Gasteiger partial charge in [-0.05, 0) is 19.3 Å². The SMILES string of the molecule is COc1ccc(=O)n(CCCCCO)n1. The molecule has 0 bridgehead atoms. The molecule has 0 saturated heterocycles. The van der Waals surface area contributed by atoms with Crippen molar-refractivity contribution in [3.63, 3.8) is 0 Å². The van der Waals surface area contributed by atoms with E-state index in [4.69, 9.17) is 9.84 Å². The Bertz CT molecular complexity index is 349. The molecule has 0 spiro atoms. The maximum atomic E-state index is 11.3. The maximum Gasteiger partial charge on any atom is 0.266 e. The Morgan fingerprint density at radius 3 is 2.87 bits per heavy atom. The van der Waals surface area contributed by atoms with Crippen molar-refractivity contribution in [1.82, 2.24) is 9.78 Å². The van der Waals surface area contributed by atoms with Gasteiger partial charge in [0.25, 0.3) is 5.56 Å². The third-order valence-electron chi connectivity index (χ3n) is 2.08. The molecule has 0 aliphatic rings. The van der Waals surface area contributed by atoms with E-state index in [-0.39, 0.29) is 12.2 Å². The minimum absolute atomic E-state index is 0.125. The van der Waals surface area contributed by atoms with E-state index in [2.05, 4.69) is 5.10 Å². The average Bonchev–Trinajstić information content (AvgIpc) is 2.26. The first-order valence-electron chi connectivity index (χ1n) is 5.01. The number of methoxy groups -OCH3 is 1. The van der Waals surface area contributed by atoms with Gasteiger partial charge in [0.2, 0.25) is 5.88 Å². The highest BCUT2D eigenvalue weighted by atomic mass is 16.5. The smallest absolute Gasteiger partial charge is 0.266 e. The molecule has 0 aliphatic carbocycles. The van der Waals surface area contributed by atoms with Crippen molar-refractivity contribution in [1.29, 1.82) is 0 Å². The van der Waals surface area contributed by atoms with Gasteiger partial charge in [0.05, 0.1) is 7.11 Å². The molecular weight excluding hydrogens is 196 g/mol. The van der Waals surface area contributed by atoms with Gasteiger partial charge in [-0.2, -0.15) is 0 Å². The monoisotopic (exact) mass is 212 g/mol. The predicted molar refractivity (Wildman–Crippen MR) is 56.0 cm³/mol. The lowest BCUT2D eigenvalue weighted by Gasteiger charge is -2.05. The standard InChI is InChI=1S/C10H16N2O3/c1-15-9-5-6-10(14)12(11-9)7-3-2-4-8-13/h5-6,13H,2-4,7-8H2,1H3. The van der Waals surface area contributed by atoms with Crippen molar-refractivity contribution in [2.45, 2.75) is 25.8 Å². The van der Waals surface area contributed by atoms with Gasteiger partial charge in [0.15, 0.2) is 0 Å². The van der Waals surface area contributed by atoms with Gasteiger partial charge in [-0.3, -0.25) is 4.79 Å². The topological polar surface area (TPSA) is 64.3 Å². The van der Waals surface area contributed by atoms with E-state index in [1.165, 1.54) is 17.9 Å². The lowest BCUT2D eigenvalue weighted by molar-refractivity contribution is 0.280. The highest BCUT2D eigenvalue weighted by Gasteiger charge is 1.99. The van der Waals surface area contributed by atoms with Crippen LogP contribution < -0.4 is 10.3 Å². The summed E-state index contributed by atoms with van der Waals surface area (Å²) in [6.45, 7) is 0.760. The third-order valence-corrected chi connectivity index (χ3v) is 2.08. The number of ether oxygens (including phenoxy) is 1. The van der Waals surface area contributed by atoms with Crippen LogP contribution in [0.4, 0.5) is 0 Å². The summed E-state index contributed by atoms with van der Waals surface area (Å²) in [4.78, 5) is 11.3. The van der Waals surface area contributed by atoms with Gasteiger partial charge in [-0.1, -0.05) is 0 Å². The molecule has 15 heavy (non-hydrogen) atoms. The summed E-state index contributed by atoms with van der Waals surface area (Å²) in [7, 11) is 1.52. The van der Waals surface area contributed by atoms with Crippen LogP contribution in [0.1, 0.15) is 19.3 Å². The zero-order chi connectivity index (χ0) is 11.1. The Morgan fingerprint density at radius 2 is 2.20 bits per heavy atom. The Labute approximate surface area is 88.3 Å². The van der Waals surface area contributed by atoms with Gasteiger partial charge < -0.3 is 9.84 Å². The van der Waals surface area contributed by atoms with Crippen LogP contribution >= 0.6 is 0 Å². The van der Waals surface area contributed by atoms with Crippen LogP contribution in [0.5, 0.6) is 5.88 Å². The molecule has 1 N–H and O–H groups in total.